The Hall–Kier alpha value is -2.82. The average Bonchev–Trinajstić information content (AvgIpc) is 2.70. The molecule has 1 aliphatic heterocycles. The van der Waals surface area contributed by atoms with E-state index in [1.54, 1.807) is 19.1 Å². The summed E-state index contributed by atoms with van der Waals surface area (Å²) in [5.41, 5.74) is 4.71. The van der Waals surface area contributed by atoms with Crippen LogP contribution in [-0.4, -0.2) is 49.6 Å². The van der Waals surface area contributed by atoms with Gasteiger partial charge in [0.15, 0.2) is 0 Å². The lowest BCUT2D eigenvalue weighted by molar-refractivity contribution is 0.0526. The minimum Gasteiger partial charge on any atom is -0.462 e. The van der Waals surface area contributed by atoms with Crippen LogP contribution in [0.25, 0.3) is 0 Å². The standard InChI is InChI=1S/C22H26N2O3/c1-4-27-22(26)18-7-9-20(10-8-18)23-11-13-24(14-12-23)21(25)19-6-5-16(2)17(3)15-19/h5-10,15H,4,11-14H2,1-3H3. The van der Waals surface area contributed by atoms with Crippen LogP contribution in [0.1, 0.15) is 38.8 Å². The fourth-order valence-corrected chi connectivity index (χ4v) is 3.25. The van der Waals surface area contributed by atoms with Crippen molar-refractivity contribution in [3.8, 4) is 0 Å². The number of rotatable bonds is 4. The molecule has 0 N–H and O–H groups in total. The number of piperazine rings is 1. The van der Waals surface area contributed by atoms with Gasteiger partial charge in [0, 0.05) is 37.4 Å². The molecule has 0 bridgehead atoms. The summed E-state index contributed by atoms with van der Waals surface area (Å²) in [6.45, 7) is 9.17. The summed E-state index contributed by atoms with van der Waals surface area (Å²) in [6, 6.07) is 13.3. The van der Waals surface area contributed by atoms with E-state index in [1.807, 2.05) is 42.2 Å². The first-order valence-electron chi connectivity index (χ1n) is 9.38. The van der Waals surface area contributed by atoms with Gasteiger partial charge in [0.1, 0.15) is 0 Å². The van der Waals surface area contributed by atoms with Crippen molar-refractivity contribution in [1.29, 1.82) is 0 Å². The van der Waals surface area contributed by atoms with Crippen LogP contribution in [-0.2, 0) is 4.74 Å². The van der Waals surface area contributed by atoms with Gasteiger partial charge >= 0.3 is 5.97 Å². The Labute approximate surface area is 160 Å². The van der Waals surface area contributed by atoms with Gasteiger partial charge in [0.2, 0.25) is 0 Å². The molecule has 0 unspecified atom stereocenters. The highest BCUT2D eigenvalue weighted by Crippen LogP contribution is 2.19. The highest BCUT2D eigenvalue weighted by Gasteiger charge is 2.22. The minimum absolute atomic E-state index is 0.0930. The van der Waals surface area contributed by atoms with Crippen LogP contribution in [0, 0.1) is 13.8 Å². The Morgan fingerprint density at radius 1 is 0.889 bits per heavy atom. The van der Waals surface area contributed by atoms with Crippen LogP contribution in [0.15, 0.2) is 42.5 Å². The molecule has 0 aliphatic carbocycles. The summed E-state index contributed by atoms with van der Waals surface area (Å²) in [7, 11) is 0. The molecule has 2 aromatic rings. The number of amides is 1. The van der Waals surface area contributed by atoms with E-state index in [9.17, 15) is 9.59 Å². The second-order valence-corrected chi connectivity index (χ2v) is 6.85. The van der Waals surface area contributed by atoms with Crippen molar-refractivity contribution >= 4 is 17.6 Å². The number of ether oxygens (including phenoxy) is 1. The predicted molar refractivity (Wildman–Crippen MR) is 106 cm³/mol. The molecule has 142 valence electrons. The average molecular weight is 366 g/mol. The third kappa shape index (κ3) is 4.30. The van der Waals surface area contributed by atoms with E-state index < -0.39 is 0 Å². The Morgan fingerprint density at radius 2 is 1.52 bits per heavy atom. The molecule has 1 saturated heterocycles. The van der Waals surface area contributed by atoms with E-state index in [0.29, 0.717) is 25.3 Å². The summed E-state index contributed by atoms with van der Waals surface area (Å²) in [6.07, 6.45) is 0. The molecule has 5 heteroatoms. The van der Waals surface area contributed by atoms with Crippen LogP contribution in [0.5, 0.6) is 0 Å². The highest BCUT2D eigenvalue weighted by molar-refractivity contribution is 5.94. The summed E-state index contributed by atoms with van der Waals surface area (Å²) in [4.78, 5) is 28.6. The lowest BCUT2D eigenvalue weighted by atomic mass is 10.1. The maximum absolute atomic E-state index is 12.7. The summed E-state index contributed by atoms with van der Waals surface area (Å²) in [5.74, 6) is -0.205. The minimum atomic E-state index is -0.298. The SMILES string of the molecule is CCOC(=O)c1ccc(N2CCN(C(=O)c3ccc(C)c(C)c3)CC2)cc1. The van der Waals surface area contributed by atoms with Crippen LogP contribution in [0.4, 0.5) is 5.69 Å². The monoisotopic (exact) mass is 366 g/mol. The third-order valence-corrected chi connectivity index (χ3v) is 5.06. The van der Waals surface area contributed by atoms with Crippen LogP contribution in [0.2, 0.25) is 0 Å². The molecule has 1 aliphatic rings. The van der Waals surface area contributed by atoms with Gasteiger partial charge in [-0.2, -0.15) is 0 Å². The molecule has 0 aromatic heterocycles. The van der Waals surface area contributed by atoms with Gasteiger partial charge in [-0.15, -0.1) is 0 Å². The Morgan fingerprint density at radius 3 is 2.11 bits per heavy atom. The Kier molecular flexibility index (Phi) is 5.79. The maximum atomic E-state index is 12.7. The zero-order valence-electron chi connectivity index (χ0n) is 16.2. The number of esters is 1. The maximum Gasteiger partial charge on any atom is 0.338 e. The Balaban J connectivity index is 1.60. The number of anilines is 1. The molecule has 1 heterocycles. The fraction of sp³-hybridized carbons (Fsp3) is 0.364. The first-order chi connectivity index (χ1) is 13.0. The van der Waals surface area contributed by atoms with Gasteiger partial charge in [0.25, 0.3) is 5.91 Å². The van der Waals surface area contributed by atoms with Crippen molar-refractivity contribution in [2.75, 3.05) is 37.7 Å². The van der Waals surface area contributed by atoms with Crippen molar-refractivity contribution in [2.45, 2.75) is 20.8 Å². The molecular formula is C22H26N2O3. The van der Waals surface area contributed by atoms with E-state index in [4.69, 9.17) is 4.74 Å². The molecule has 0 spiro atoms. The number of hydrogen-bond donors (Lipinski definition) is 0. The van der Waals surface area contributed by atoms with Gasteiger partial charge in [-0.05, 0) is 68.3 Å². The van der Waals surface area contributed by atoms with Crippen LogP contribution >= 0.6 is 0 Å². The third-order valence-electron chi connectivity index (χ3n) is 5.06. The molecule has 2 aromatic carbocycles. The molecule has 0 saturated carbocycles. The lowest BCUT2D eigenvalue weighted by Crippen LogP contribution is -2.48. The van der Waals surface area contributed by atoms with Crippen LogP contribution < -0.4 is 4.90 Å². The van der Waals surface area contributed by atoms with Crippen molar-refractivity contribution in [3.63, 3.8) is 0 Å². The van der Waals surface area contributed by atoms with Gasteiger partial charge in [-0.3, -0.25) is 4.79 Å². The first-order valence-corrected chi connectivity index (χ1v) is 9.38. The molecule has 0 atom stereocenters. The molecule has 3 rings (SSSR count). The second kappa shape index (κ2) is 8.25. The quantitative estimate of drug-likeness (QED) is 0.778. The number of hydrogen-bond acceptors (Lipinski definition) is 4. The summed E-state index contributed by atoms with van der Waals surface area (Å²) >= 11 is 0. The van der Waals surface area contributed by atoms with Crippen molar-refractivity contribution in [1.82, 2.24) is 4.90 Å². The van der Waals surface area contributed by atoms with Gasteiger partial charge in [0.05, 0.1) is 12.2 Å². The summed E-state index contributed by atoms with van der Waals surface area (Å²) < 4.78 is 5.01. The van der Waals surface area contributed by atoms with Crippen LogP contribution in [0.3, 0.4) is 0 Å². The Bertz CT molecular complexity index is 822. The van der Waals surface area contributed by atoms with Crippen molar-refractivity contribution in [3.05, 3.63) is 64.7 Å². The summed E-state index contributed by atoms with van der Waals surface area (Å²) in [5, 5.41) is 0. The molecule has 1 fully saturated rings. The van der Waals surface area contributed by atoms with E-state index in [1.165, 1.54) is 5.56 Å². The van der Waals surface area contributed by atoms with E-state index in [-0.39, 0.29) is 11.9 Å². The topological polar surface area (TPSA) is 49.9 Å². The van der Waals surface area contributed by atoms with E-state index in [2.05, 4.69) is 11.8 Å². The number of carbonyl (C=O) groups is 2. The first kappa shape index (κ1) is 19.0. The number of aryl methyl sites for hydroxylation is 2. The molecule has 0 radical (unpaired) electrons. The molecule has 1 amide bonds. The lowest BCUT2D eigenvalue weighted by Gasteiger charge is -2.36. The molecule has 27 heavy (non-hydrogen) atoms. The zero-order chi connectivity index (χ0) is 19.4. The largest absolute Gasteiger partial charge is 0.462 e. The number of carbonyl (C=O) groups excluding carboxylic acids is 2. The van der Waals surface area contributed by atoms with E-state index >= 15 is 0 Å². The van der Waals surface area contributed by atoms with E-state index in [0.717, 1.165) is 29.9 Å². The highest BCUT2D eigenvalue weighted by atomic mass is 16.5. The molecular weight excluding hydrogens is 340 g/mol. The predicted octanol–water partition coefficient (Wildman–Crippen LogP) is 3.44. The normalized spacial score (nSPS) is 14.2. The van der Waals surface area contributed by atoms with Gasteiger partial charge < -0.3 is 14.5 Å². The smallest absolute Gasteiger partial charge is 0.338 e. The number of nitrogens with zero attached hydrogens (tertiary/aromatic N) is 2. The van der Waals surface area contributed by atoms with Crippen molar-refractivity contribution in [2.24, 2.45) is 0 Å². The molecule has 5 nitrogen and oxygen atoms in total. The zero-order valence-corrected chi connectivity index (χ0v) is 16.2. The van der Waals surface area contributed by atoms with Gasteiger partial charge in [-0.25, -0.2) is 4.79 Å². The van der Waals surface area contributed by atoms with Crippen molar-refractivity contribution < 1.29 is 14.3 Å². The van der Waals surface area contributed by atoms with Gasteiger partial charge in [-0.1, -0.05) is 6.07 Å². The fourth-order valence-electron chi connectivity index (χ4n) is 3.25. The second-order valence-electron chi connectivity index (χ2n) is 6.85. The number of benzene rings is 2.